The van der Waals surface area contributed by atoms with Crippen molar-refractivity contribution in [3.63, 3.8) is 0 Å². The number of halogens is 2. The van der Waals surface area contributed by atoms with Gasteiger partial charge in [0.25, 0.3) is 0 Å². The highest BCUT2D eigenvalue weighted by molar-refractivity contribution is 7.88. The fourth-order valence-corrected chi connectivity index (χ4v) is 2.48. The number of rotatable bonds is 6. The van der Waals surface area contributed by atoms with Crippen molar-refractivity contribution in [2.75, 3.05) is 11.8 Å². The molecule has 0 saturated carbocycles. The molecule has 0 bridgehead atoms. The van der Waals surface area contributed by atoms with E-state index in [0.29, 0.717) is 0 Å². The molecule has 6 nitrogen and oxygen atoms in total. The molecule has 102 valence electrons. The van der Waals surface area contributed by atoms with Crippen LogP contribution in [-0.4, -0.2) is 37.9 Å². The molecule has 2 N–H and O–H groups in total. The maximum Gasteiger partial charge on any atom is 0.422 e. The molecule has 0 saturated heterocycles. The highest BCUT2D eigenvalue weighted by Crippen LogP contribution is 2.10. The van der Waals surface area contributed by atoms with Gasteiger partial charge in [0.15, 0.2) is 0 Å². The zero-order valence-corrected chi connectivity index (χ0v) is 12.1. The van der Waals surface area contributed by atoms with Crippen molar-refractivity contribution in [3.8, 4) is 0 Å². The molecule has 0 aliphatic carbocycles. The second-order valence-electron chi connectivity index (χ2n) is 3.99. The molecule has 0 fully saturated rings. The Morgan fingerprint density at radius 1 is 1.35 bits per heavy atom. The first-order valence-electron chi connectivity index (χ1n) is 4.78. The number of alkyl halides is 2. The summed E-state index contributed by atoms with van der Waals surface area (Å²) in [4.78, 5) is 11.1. The minimum atomic E-state index is -4.05. The summed E-state index contributed by atoms with van der Waals surface area (Å²) >= 11 is 11.2. The van der Waals surface area contributed by atoms with E-state index in [1.165, 1.54) is 6.92 Å². The lowest BCUT2D eigenvalue weighted by Crippen LogP contribution is -2.54. The zero-order chi connectivity index (χ0) is 13.7. The molecule has 17 heavy (non-hydrogen) atoms. The van der Waals surface area contributed by atoms with Crippen LogP contribution < -0.4 is 9.44 Å². The van der Waals surface area contributed by atoms with Crippen molar-refractivity contribution in [1.82, 2.24) is 9.44 Å². The van der Waals surface area contributed by atoms with E-state index in [9.17, 15) is 13.2 Å². The van der Waals surface area contributed by atoms with Crippen LogP contribution in [0.3, 0.4) is 0 Å². The van der Waals surface area contributed by atoms with Gasteiger partial charge >= 0.3 is 16.3 Å². The molecule has 0 aliphatic heterocycles. The van der Waals surface area contributed by atoms with Gasteiger partial charge < -0.3 is 4.74 Å². The normalized spacial score (nSPS) is 12.6. The molecule has 0 radical (unpaired) electrons. The van der Waals surface area contributed by atoms with Crippen molar-refractivity contribution in [2.45, 2.75) is 32.4 Å². The summed E-state index contributed by atoms with van der Waals surface area (Å²) in [6, 6.07) is 0. The van der Waals surface area contributed by atoms with Crippen LogP contribution >= 0.6 is 23.2 Å². The molecular weight excluding hydrogens is 291 g/mol. The Balaban J connectivity index is 4.55. The molecule has 0 aromatic rings. The van der Waals surface area contributed by atoms with Crippen LogP contribution in [0, 0.1) is 0 Å². The monoisotopic (exact) mass is 306 g/mol. The predicted octanol–water partition coefficient (Wildman–Crippen LogP) is 1.19. The van der Waals surface area contributed by atoms with Crippen LogP contribution in [0.4, 0.5) is 4.79 Å². The van der Waals surface area contributed by atoms with Gasteiger partial charge in [0.05, 0.1) is 11.6 Å². The van der Waals surface area contributed by atoms with E-state index in [1.807, 2.05) is 0 Å². The number of ether oxygens (including phenoxy) is 1. The number of hydrogen-bond acceptors (Lipinski definition) is 4. The summed E-state index contributed by atoms with van der Waals surface area (Å²) in [6.07, 6.45) is -1.48. The summed E-state index contributed by atoms with van der Waals surface area (Å²) in [5.74, 6) is -0.0622. The van der Waals surface area contributed by atoms with Gasteiger partial charge in [0.2, 0.25) is 0 Å². The van der Waals surface area contributed by atoms with E-state index in [-0.39, 0.29) is 11.8 Å². The minimum Gasteiger partial charge on any atom is -0.446 e. The predicted molar refractivity (Wildman–Crippen MR) is 66.7 cm³/mol. The van der Waals surface area contributed by atoms with Crippen molar-refractivity contribution < 1.29 is 17.9 Å². The van der Waals surface area contributed by atoms with Gasteiger partial charge in [-0.25, -0.2) is 9.52 Å². The number of carbonyl (C=O) groups is 1. The van der Waals surface area contributed by atoms with E-state index in [2.05, 4.69) is 9.46 Å². The Kier molecular flexibility index (Phi) is 6.53. The lowest BCUT2D eigenvalue weighted by Gasteiger charge is -2.25. The first-order valence-corrected chi connectivity index (χ1v) is 7.33. The summed E-state index contributed by atoms with van der Waals surface area (Å²) in [5.41, 5.74) is -1.03. The molecule has 0 aliphatic rings. The maximum absolute atomic E-state index is 11.5. The van der Waals surface area contributed by atoms with E-state index in [0.717, 1.165) is 0 Å². The highest BCUT2D eigenvalue weighted by Gasteiger charge is 2.29. The molecule has 0 rings (SSSR count). The fourth-order valence-electron chi connectivity index (χ4n) is 0.788. The van der Waals surface area contributed by atoms with Gasteiger partial charge in [0, 0.05) is 11.8 Å². The van der Waals surface area contributed by atoms with Crippen LogP contribution in [0.25, 0.3) is 0 Å². The average Bonchev–Trinajstić information content (AvgIpc) is 2.14. The minimum absolute atomic E-state index is 0.0311. The molecule has 0 unspecified atom stereocenters. The van der Waals surface area contributed by atoms with Crippen LogP contribution in [0.15, 0.2) is 0 Å². The van der Waals surface area contributed by atoms with Gasteiger partial charge in [0.1, 0.15) is 0 Å². The van der Waals surface area contributed by atoms with Crippen LogP contribution in [-0.2, 0) is 14.9 Å². The lowest BCUT2D eigenvalue weighted by molar-refractivity contribution is 0.121. The Morgan fingerprint density at radius 2 is 1.82 bits per heavy atom. The lowest BCUT2D eigenvalue weighted by atomic mass is 10.1. The van der Waals surface area contributed by atoms with Gasteiger partial charge in [-0.05, 0) is 20.8 Å². The number of nitrogens with one attached hydrogen (secondary N) is 2. The van der Waals surface area contributed by atoms with Crippen LogP contribution in [0.1, 0.15) is 20.8 Å². The molecular formula is C8H16Cl2N2O4S. The van der Waals surface area contributed by atoms with Crippen LogP contribution in [0.2, 0.25) is 0 Å². The highest BCUT2D eigenvalue weighted by atomic mass is 35.5. The maximum atomic E-state index is 11.5. The summed E-state index contributed by atoms with van der Waals surface area (Å²) in [6.45, 7) is 4.71. The molecule has 0 atom stereocenters. The van der Waals surface area contributed by atoms with Crippen molar-refractivity contribution >= 4 is 39.5 Å². The van der Waals surface area contributed by atoms with E-state index >= 15 is 0 Å². The summed E-state index contributed by atoms with van der Waals surface area (Å²) < 4.78 is 31.5. The van der Waals surface area contributed by atoms with Gasteiger partial charge in [-0.15, -0.1) is 23.2 Å². The molecule has 0 aromatic carbocycles. The van der Waals surface area contributed by atoms with E-state index in [4.69, 9.17) is 23.2 Å². The van der Waals surface area contributed by atoms with E-state index in [1.54, 1.807) is 18.6 Å². The Labute approximate surface area is 111 Å². The molecule has 1 amide bonds. The Hall–Kier alpha value is -0.240. The third-order valence-electron chi connectivity index (χ3n) is 1.53. The Bertz CT molecular complexity index is 355. The largest absolute Gasteiger partial charge is 0.446 e. The van der Waals surface area contributed by atoms with Gasteiger partial charge in [-0.2, -0.15) is 13.1 Å². The third kappa shape index (κ3) is 6.92. The average molecular weight is 307 g/mol. The van der Waals surface area contributed by atoms with Crippen molar-refractivity contribution in [3.05, 3.63) is 0 Å². The molecule has 0 spiro atoms. The van der Waals surface area contributed by atoms with Crippen molar-refractivity contribution in [2.24, 2.45) is 0 Å². The first-order chi connectivity index (χ1) is 7.64. The van der Waals surface area contributed by atoms with Gasteiger partial charge in [-0.1, -0.05) is 0 Å². The van der Waals surface area contributed by atoms with Crippen molar-refractivity contribution in [1.29, 1.82) is 0 Å². The van der Waals surface area contributed by atoms with Crippen LogP contribution in [0.5, 0.6) is 0 Å². The molecule has 0 heterocycles. The first kappa shape index (κ1) is 16.8. The second kappa shape index (κ2) is 6.63. The third-order valence-corrected chi connectivity index (χ3v) is 3.91. The smallest absolute Gasteiger partial charge is 0.422 e. The zero-order valence-electron chi connectivity index (χ0n) is 9.79. The standard InChI is InChI=1S/C8H16Cl2N2O4S/c1-6(2)16-7(13)11-17(14,15)12-8(3,4-9)5-10/h6,12H,4-5H2,1-3H3,(H,11,13). The summed E-state index contributed by atoms with van der Waals surface area (Å²) in [5, 5.41) is 0. The fraction of sp³-hybridized carbons (Fsp3) is 0.875. The molecule has 0 aromatic heterocycles. The molecule has 9 heteroatoms. The summed E-state index contributed by atoms with van der Waals surface area (Å²) in [7, 11) is -4.05. The SMILES string of the molecule is CC(C)OC(=O)NS(=O)(=O)NC(C)(CCl)CCl. The second-order valence-corrected chi connectivity index (χ2v) is 5.94. The van der Waals surface area contributed by atoms with E-state index < -0.39 is 27.9 Å². The topological polar surface area (TPSA) is 84.5 Å². The quantitative estimate of drug-likeness (QED) is 0.722. The Morgan fingerprint density at radius 3 is 2.18 bits per heavy atom. The van der Waals surface area contributed by atoms with Gasteiger partial charge in [-0.3, -0.25) is 0 Å². The number of amides is 1. The number of carbonyl (C=O) groups excluding carboxylic acids is 1. The number of hydrogen-bond donors (Lipinski definition) is 2.